The van der Waals surface area contributed by atoms with E-state index < -0.39 is 4.87 Å². The standard InChI is InChI=1S/C10H11Br3Cl2/c1-7(9(12)13)3-4-8(14)10(2,15)5-6-11/h3-6,8H,1-2H3/b4-3+,6-5+/t8-,10-/m1/s1. The molecule has 0 bridgehead atoms. The van der Waals surface area contributed by atoms with Crippen LogP contribution in [-0.4, -0.2) is 10.3 Å². The number of hydrogen-bond donors (Lipinski definition) is 0. The minimum atomic E-state index is -0.597. The summed E-state index contributed by atoms with van der Waals surface area (Å²) in [4.78, 5) is 1.12. The molecule has 0 radical (unpaired) electrons. The Morgan fingerprint density at radius 2 is 1.93 bits per heavy atom. The van der Waals surface area contributed by atoms with Gasteiger partial charge in [-0.25, -0.2) is 0 Å². The van der Waals surface area contributed by atoms with Crippen molar-refractivity contribution in [1.29, 1.82) is 0 Å². The quantitative estimate of drug-likeness (QED) is 0.366. The van der Waals surface area contributed by atoms with E-state index in [9.17, 15) is 0 Å². The van der Waals surface area contributed by atoms with Crippen LogP contribution in [0.3, 0.4) is 0 Å². The van der Waals surface area contributed by atoms with Gasteiger partial charge in [-0.05, 0) is 56.3 Å². The molecular formula is C10H11Br3Cl2. The third-order valence-electron chi connectivity index (χ3n) is 1.74. The van der Waals surface area contributed by atoms with Crippen molar-refractivity contribution >= 4 is 71.0 Å². The van der Waals surface area contributed by atoms with Crippen LogP contribution in [0, 0.1) is 0 Å². The van der Waals surface area contributed by atoms with Crippen LogP contribution >= 0.6 is 71.0 Å². The van der Waals surface area contributed by atoms with E-state index in [4.69, 9.17) is 23.2 Å². The van der Waals surface area contributed by atoms with E-state index in [2.05, 4.69) is 47.8 Å². The minimum absolute atomic E-state index is 0.276. The van der Waals surface area contributed by atoms with Crippen molar-refractivity contribution < 1.29 is 0 Å². The Labute approximate surface area is 126 Å². The average molecular weight is 442 g/mol. The lowest BCUT2D eigenvalue weighted by molar-refractivity contribution is 0.800. The summed E-state index contributed by atoms with van der Waals surface area (Å²) in [5.74, 6) is 0. The molecule has 0 aliphatic heterocycles. The maximum Gasteiger partial charge on any atom is 0.0804 e. The number of allylic oxidation sites excluding steroid dienone is 4. The lowest BCUT2D eigenvalue weighted by Crippen LogP contribution is -2.24. The first-order valence-electron chi connectivity index (χ1n) is 4.12. The molecule has 2 atom stereocenters. The summed E-state index contributed by atoms with van der Waals surface area (Å²) in [6, 6.07) is 0. The number of alkyl halides is 2. The predicted octanol–water partition coefficient (Wildman–Crippen LogP) is 6.08. The van der Waals surface area contributed by atoms with Crippen LogP contribution in [-0.2, 0) is 0 Å². The maximum absolute atomic E-state index is 6.21. The number of rotatable bonds is 4. The number of hydrogen-bond acceptors (Lipinski definition) is 0. The summed E-state index contributed by atoms with van der Waals surface area (Å²) >= 11 is 22.2. The second-order valence-electron chi connectivity index (χ2n) is 3.15. The van der Waals surface area contributed by atoms with E-state index in [0.717, 1.165) is 8.96 Å². The van der Waals surface area contributed by atoms with Crippen molar-refractivity contribution in [3.8, 4) is 0 Å². The Hall–Kier alpha value is 1.24. The van der Waals surface area contributed by atoms with Gasteiger partial charge in [-0.2, -0.15) is 0 Å². The lowest BCUT2D eigenvalue weighted by atomic mass is 10.1. The van der Waals surface area contributed by atoms with Gasteiger partial charge in [0.15, 0.2) is 0 Å². The molecule has 5 heteroatoms. The Bertz CT molecular complexity index is 289. The van der Waals surface area contributed by atoms with E-state index in [1.807, 2.05) is 26.0 Å². The van der Waals surface area contributed by atoms with Gasteiger partial charge in [-0.1, -0.05) is 34.2 Å². The molecular weight excluding hydrogens is 431 g/mol. The molecule has 0 aliphatic carbocycles. The smallest absolute Gasteiger partial charge is 0.0804 e. The lowest BCUT2D eigenvalue weighted by Gasteiger charge is -2.20. The highest BCUT2D eigenvalue weighted by molar-refractivity contribution is 9.28. The van der Waals surface area contributed by atoms with E-state index >= 15 is 0 Å². The molecule has 0 N–H and O–H groups in total. The first kappa shape index (κ1) is 16.2. The van der Waals surface area contributed by atoms with E-state index in [-0.39, 0.29) is 5.38 Å². The first-order chi connectivity index (χ1) is 6.81. The zero-order valence-electron chi connectivity index (χ0n) is 8.28. The topological polar surface area (TPSA) is 0 Å². The highest BCUT2D eigenvalue weighted by Crippen LogP contribution is 2.28. The maximum atomic E-state index is 6.21. The fourth-order valence-corrected chi connectivity index (χ4v) is 1.94. The van der Waals surface area contributed by atoms with Gasteiger partial charge >= 0.3 is 0 Å². The minimum Gasteiger partial charge on any atom is -0.116 e. The summed E-state index contributed by atoms with van der Waals surface area (Å²) in [5.41, 5.74) is 1.05. The fourth-order valence-electron chi connectivity index (χ4n) is 0.695. The van der Waals surface area contributed by atoms with Gasteiger partial charge in [0.1, 0.15) is 0 Å². The second kappa shape index (κ2) is 7.54. The van der Waals surface area contributed by atoms with Gasteiger partial charge in [0.25, 0.3) is 0 Å². The van der Waals surface area contributed by atoms with E-state index in [0.29, 0.717) is 0 Å². The average Bonchev–Trinajstić information content (AvgIpc) is 2.13. The molecule has 0 heterocycles. The van der Waals surface area contributed by atoms with Crippen LogP contribution in [0.2, 0.25) is 0 Å². The van der Waals surface area contributed by atoms with Crippen molar-refractivity contribution in [2.45, 2.75) is 24.1 Å². The van der Waals surface area contributed by atoms with Crippen LogP contribution < -0.4 is 0 Å². The molecule has 0 saturated carbocycles. The summed E-state index contributed by atoms with van der Waals surface area (Å²) < 4.78 is 0.905. The van der Waals surface area contributed by atoms with Crippen LogP contribution in [0.5, 0.6) is 0 Å². The third-order valence-corrected chi connectivity index (χ3v) is 4.33. The van der Waals surface area contributed by atoms with Crippen molar-refractivity contribution in [3.63, 3.8) is 0 Å². The molecule has 0 nitrogen and oxygen atoms in total. The zero-order chi connectivity index (χ0) is 12.1. The second-order valence-corrected chi connectivity index (χ2v) is 7.61. The zero-order valence-corrected chi connectivity index (χ0v) is 14.5. The van der Waals surface area contributed by atoms with Crippen molar-refractivity contribution in [2.75, 3.05) is 0 Å². The molecule has 0 spiro atoms. The normalized spacial score (nSPS) is 18.1. The van der Waals surface area contributed by atoms with Gasteiger partial charge in [-0.3, -0.25) is 0 Å². The largest absolute Gasteiger partial charge is 0.116 e. The molecule has 0 aromatic carbocycles. The molecule has 0 amide bonds. The predicted molar refractivity (Wildman–Crippen MR) is 81.7 cm³/mol. The van der Waals surface area contributed by atoms with Gasteiger partial charge < -0.3 is 0 Å². The molecule has 86 valence electrons. The highest BCUT2D eigenvalue weighted by atomic mass is 79.9. The highest BCUT2D eigenvalue weighted by Gasteiger charge is 2.25. The van der Waals surface area contributed by atoms with Crippen molar-refractivity contribution in [2.24, 2.45) is 0 Å². The van der Waals surface area contributed by atoms with Crippen LogP contribution in [0.25, 0.3) is 0 Å². The Kier molecular flexibility index (Phi) is 8.17. The van der Waals surface area contributed by atoms with Gasteiger partial charge in [0.05, 0.1) is 13.6 Å². The molecule has 0 aromatic heterocycles. The molecule has 0 unspecified atom stereocenters. The molecule has 0 aromatic rings. The Morgan fingerprint density at radius 1 is 1.40 bits per heavy atom. The molecule has 0 fully saturated rings. The van der Waals surface area contributed by atoms with Gasteiger partial charge in [0.2, 0.25) is 0 Å². The summed E-state index contributed by atoms with van der Waals surface area (Å²) in [6.45, 7) is 3.82. The summed E-state index contributed by atoms with van der Waals surface area (Å²) in [6.07, 6.45) is 5.58. The SMILES string of the molecule is CC(/C=C/[C@@H](Cl)[C@](C)(Cl)/C=C/Br)=C(Br)Br. The van der Waals surface area contributed by atoms with E-state index in [1.165, 1.54) is 0 Å². The molecule has 0 rings (SSSR count). The Morgan fingerprint density at radius 3 is 2.33 bits per heavy atom. The number of halogens is 5. The molecule has 0 saturated heterocycles. The first-order valence-corrected chi connectivity index (χ1v) is 7.44. The van der Waals surface area contributed by atoms with E-state index in [1.54, 1.807) is 11.1 Å². The molecule has 0 aliphatic rings. The summed E-state index contributed by atoms with van der Waals surface area (Å²) in [7, 11) is 0. The van der Waals surface area contributed by atoms with Crippen molar-refractivity contribution in [1.82, 2.24) is 0 Å². The third kappa shape index (κ3) is 6.52. The molecule has 15 heavy (non-hydrogen) atoms. The summed E-state index contributed by atoms with van der Waals surface area (Å²) in [5, 5.41) is -0.276. The van der Waals surface area contributed by atoms with Crippen LogP contribution in [0.15, 0.2) is 32.2 Å². The van der Waals surface area contributed by atoms with Crippen molar-refractivity contribution in [3.05, 3.63) is 32.2 Å². The Balaban J connectivity index is 4.63. The fraction of sp³-hybridized carbons (Fsp3) is 0.400. The van der Waals surface area contributed by atoms with Gasteiger partial charge in [0, 0.05) is 0 Å². The van der Waals surface area contributed by atoms with Crippen LogP contribution in [0.1, 0.15) is 13.8 Å². The van der Waals surface area contributed by atoms with Crippen LogP contribution in [0.4, 0.5) is 0 Å². The monoisotopic (exact) mass is 438 g/mol. The van der Waals surface area contributed by atoms with Gasteiger partial charge in [-0.15, -0.1) is 23.2 Å².